The van der Waals surface area contributed by atoms with Gasteiger partial charge in [0.25, 0.3) is 5.91 Å². The molecule has 4 heterocycles. The van der Waals surface area contributed by atoms with Gasteiger partial charge in [-0.25, -0.2) is 0 Å². The van der Waals surface area contributed by atoms with Crippen LogP contribution in [0.25, 0.3) is 15.7 Å². The lowest BCUT2D eigenvalue weighted by atomic mass is 9.95. The lowest BCUT2D eigenvalue weighted by molar-refractivity contribution is 0.0996. The van der Waals surface area contributed by atoms with Gasteiger partial charge in [-0.05, 0) is 79.1 Å². The van der Waals surface area contributed by atoms with Gasteiger partial charge in [0.15, 0.2) is 5.76 Å². The second-order valence-corrected chi connectivity index (χ2v) is 8.62. The van der Waals surface area contributed by atoms with Crippen molar-refractivity contribution < 1.29 is 9.21 Å². The van der Waals surface area contributed by atoms with E-state index in [9.17, 15) is 4.79 Å². The molecule has 1 fully saturated rings. The Balaban J connectivity index is 1.42. The molecule has 5 heteroatoms. The van der Waals surface area contributed by atoms with Crippen LogP contribution in [0.1, 0.15) is 48.2 Å². The van der Waals surface area contributed by atoms with Crippen molar-refractivity contribution in [2.24, 2.45) is 0 Å². The van der Waals surface area contributed by atoms with Crippen LogP contribution >= 0.6 is 11.3 Å². The number of fused-ring (bicyclic) bond motifs is 2. The van der Waals surface area contributed by atoms with Crippen molar-refractivity contribution in [2.45, 2.75) is 38.1 Å². The number of anilines is 1. The van der Waals surface area contributed by atoms with Crippen LogP contribution in [0.5, 0.6) is 0 Å². The molecule has 3 aromatic rings. The highest BCUT2D eigenvalue weighted by molar-refractivity contribution is 7.17. The summed E-state index contributed by atoms with van der Waals surface area (Å²) in [5.74, 6) is 0.112. The SMILES string of the molecule is O=C(Nc1ccc2scc(C3=CCN4CCCCC4CC3)c2c1)c1ccco1. The third kappa shape index (κ3) is 3.40. The van der Waals surface area contributed by atoms with E-state index in [1.54, 1.807) is 23.5 Å². The molecule has 4 nitrogen and oxygen atoms in total. The summed E-state index contributed by atoms with van der Waals surface area (Å²) >= 11 is 1.78. The van der Waals surface area contributed by atoms with E-state index in [2.05, 4.69) is 33.8 Å². The summed E-state index contributed by atoms with van der Waals surface area (Å²) in [6.07, 6.45) is 10.4. The molecular formula is C23H24N2O2S. The van der Waals surface area contributed by atoms with Gasteiger partial charge < -0.3 is 9.73 Å². The molecule has 1 atom stereocenters. The van der Waals surface area contributed by atoms with Crippen LogP contribution in [0.15, 0.2) is 52.5 Å². The quantitative estimate of drug-likeness (QED) is 0.615. The topological polar surface area (TPSA) is 45.5 Å². The minimum absolute atomic E-state index is 0.216. The maximum Gasteiger partial charge on any atom is 0.291 e. The van der Waals surface area contributed by atoms with Crippen molar-refractivity contribution in [3.05, 3.63) is 59.4 Å². The maximum absolute atomic E-state index is 12.3. The van der Waals surface area contributed by atoms with Crippen LogP contribution in [-0.2, 0) is 0 Å². The summed E-state index contributed by atoms with van der Waals surface area (Å²) < 4.78 is 6.45. The Labute approximate surface area is 168 Å². The summed E-state index contributed by atoms with van der Waals surface area (Å²) in [6.45, 7) is 2.30. The third-order valence-electron chi connectivity index (χ3n) is 5.99. The van der Waals surface area contributed by atoms with Gasteiger partial charge >= 0.3 is 0 Å². The Morgan fingerprint density at radius 3 is 3.07 bits per heavy atom. The van der Waals surface area contributed by atoms with Gasteiger partial charge in [0.1, 0.15) is 0 Å². The fourth-order valence-corrected chi connectivity index (χ4v) is 5.45. The Morgan fingerprint density at radius 2 is 2.18 bits per heavy atom. The summed E-state index contributed by atoms with van der Waals surface area (Å²) in [5.41, 5.74) is 3.59. The van der Waals surface area contributed by atoms with Crippen molar-refractivity contribution in [1.29, 1.82) is 0 Å². The zero-order valence-corrected chi connectivity index (χ0v) is 16.6. The Bertz CT molecular complexity index is 1020. The van der Waals surface area contributed by atoms with Gasteiger partial charge in [0.05, 0.1) is 6.26 Å². The van der Waals surface area contributed by atoms with Crippen molar-refractivity contribution in [3.63, 3.8) is 0 Å². The van der Waals surface area contributed by atoms with Crippen LogP contribution in [-0.4, -0.2) is 29.9 Å². The Hall–Kier alpha value is -2.37. The molecule has 0 aliphatic carbocycles. The van der Waals surface area contributed by atoms with Gasteiger partial charge in [-0.3, -0.25) is 9.69 Å². The number of amides is 1. The molecular weight excluding hydrogens is 368 g/mol. The summed E-state index contributed by atoms with van der Waals surface area (Å²) in [7, 11) is 0. The van der Waals surface area contributed by atoms with E-state index in [1.165, 1.54) is 59.7 Å². The largest absolute Gasteiger partial charge is 0.459 e. The number of rotatable bonds is 3. The molecule has 1 amide bonds. The van der Waals surface area contributed by atoms with Gasteiger partial charge in [-0.15, -0.1) is 11.3 Å². The molecule has 0 saturated carbocycles. The summed E-state index contributed by atoms with van der Waals surface area (Å²) in [4.78, 5) is 15.0. The molecule has 1 unspecified atom stereocenters. The molecule has 2 aliphatic heterocycles. The highest BCUT2D eigenvalue weighted by atomic mass is 32.1. The van der Waals surface area contributed by atoms with Crippen molar-refractivity contribution in [1.82, 2.24) is 4.90 Å². The number of allylic oxidation sites excluding steroid dienone is 1. The zero-order valence-electron chi connectivity index (χ0n) is 15.8. The molecule has 5 rings (SSSR count). The smallest absolute Gasteiger partial charge is 0.291 e. The molecule has 1 saturated heterocycles. The highest BCUT2D eigenvalue weighted by Gasteiger charge is 2.24. The standard InChI is InChI=1S/C23H24N2O2S/c26-23(21-5-3-13-27-21)24-17-7-9-22-19(14-17)20(15-28-22)16-6-8-18-4-1-2-11-25(18)12-10-16/h3,5,7,9-10,13-15,18H,1-2,4,6,8,11-12H2,(H,24,26). The predicted molar refractivity (Wildman–Crippen MR) is 115 cm³/mol. The molecule has 2 aliphatic rings. The van der Waals surface area contributed by atoms with E-state index in [1.807, 2.05) is 6.07 Å². The molecule has 28 heavy (non-hydrogen) atoms. The van der Waals surface area contributed by atoms with E-state index in [4.69, 9.17) is 4.42 Å². The molecule has 1 N–H and O–H groups in total. The molecule has 2 aromatic heterocycles. The normalized spacial score (nSPS) is 20.4. The van der Waals surface area contributed by atoms with Crippen LogP contribution < -0.4 is 5.32 Å². The Kier molecular flexibility index (Phi) is 4.79. The molecule has 144 valence electrons. The number of nitrogens with zero attached hydrogens (tertiary/aromatic N) is 1. The first kappa shape index (κ1) is 17.7. The second-order valence-electron chi connectivity index (χ2n) is 7.70. The van der Waals surface area contributed by atoms with Crippen LogP contribution in [0.2, 0.25) is 0 Å². The number of benzene rings is 1. The second kappa shape index (κ2) is 7.57. The number of furan rings is 1. The lowest BCUT2D eigenvalue weighted by Crippen LogP contribution is -2.38. The number of hydrogen-bond acceptors (Lipinski definition) is 4. The van der Waals surface area contributed by atoms with E-state index >= 15 is 0 Å². The molecule has 1 aromatic carbocycles. The van der Waals surface area contributed by atoms with E-state index in [0.717, 1.165) is 24.7 Å². The molecule has 0 radical (unpaired) electrons. The number of nitrogens with one attached hydrogen (secondary N) is 1. The van der Waals surface area contributed by atoms with Gasteiger partial charge in [0.2, 0.25) is 0 Å². The number of carbonyl (C=O) groups excluding carboxylic acids is 1. The third-order valence-corrected chi connectivity index (χ3v) is 6.95. The first-order valence-electron chi connectivity index (χ1n) is 10.1. The minimum Gasteiger partial charge on any atom is -0.459 e. The molecule has 0 bridgehead atoms. The van der Waals surface area contributed by atoms with Crippen LogP contribution in [0, 0.1) is 0 Å². The lowest BCUT2D eigenvalue weighted by Gasteiger charge is -2.33. The van der Waals surface area contributed by atoms with Crippen molar-refractivity contribution >= 4 is 38.6 Å². The number of piperidine rings is 1. The summed E-state index contributed by atoms with van der Waals surface area (Å²) in [6, 6.07) is 10.3. The van der Waals surface area contributed by atoms with Gasteiger partial charge in [0, 0.05) is 28.4 Å². The van der Waals surface area contributed by atoms with Crippen molar-refractivity contribution in [2.75, 3.05) is 18.4 Å². The number of hydrogen-bond donors (Lipinski definition) is 1. The van der Waals surface area contributed by atoms with Crippen molar-refractivity contribution in [3.8, 4) is 0 Å². The fourth-order valence-electron chi connectivity index (χ4n) is 4.48. The minimum atomic E-state index is -0.216. The summed E-state index contributed by atoms with van der Waals surface area (Å²) in [5, 5.41) is 6.46. The first-order chi connectivity index (χ1) is 13.8. The van der Waals surface area contributed by atoms with Crippen LogP contribution in [0.4, 0.5) is 5.69 Å². The Morgan fingerprint density at radius 1 is 1.21 bits per heavy atom. The zero-order chi connectivity index (χ0) is 18.9. The fraction of sp³-hybridized carbons (Fsp3) is 0.348. The van der Waals surface area contributed by atoms with Gasteiger partial charge in [-0.1, -0.05) is 12.5 Å². The average molecular weight is 393 g/mol. The maximum atomic E-state index is 12.3. The molecule has 0 spiro atoms. The van der Waals surface area contributed by atoms with E-state index in [0.29, 0.717) is 5.76 Å². The monoisotopic (exact) mass is 392 g/mol. The average Bonchev–Trinajstić information content (AvgIpc) is 3.35. The number of thiophene rings is 1. The first-order valence-corrected chi connectivity index (χ1v) is 11.0. The number of carbonyl (C=O) groups is 1. The van der Waals surface area contributed by atoms with E-state index < -0.39 is 0 Å². The van der Waals surface area contributed by atoms with Crippen LogP contribution in [0.3, 0.4) is 0 Å². The highest BCUT2D eigenvalue weighted by Crippen LogP contribution is 2.37. The predicted octanol–water partition coefficient (Wildman–Crippen LogP) is 5.78. The van der Waals surface area contributed by atoms with Gasteiger partial charge in [-0.2, -0.15) is 0 Å². The van der Waals surface area contributed by atoms with E-state index in [-0.39, 0.29) is 5.91 Å².